The summed E-state index contributed by atoms with van der Waals surface area (Å²) in [5.74, 6) is 0.402. The molecule has 6 nitrogen and oxygen atoms in total. The number of hydrogen-bond acceptors (Lipinski definition) is 4. The number of amides is 1. The second-order valence-corrected chi connectivity index (χ2v) is 6.19. The normalized spacial score (nSPS) is 19.8. The summed E-state index contributed by atoms with van der Waals surface area (Å²) in [5, 5.41) is 4.25. The van der Waals surface area contributed by atoms with Crippen molar-refractivity contribution in [3.05, 3.63) is 24.3 Å². The zero-order valence-electron chi connectivity index (χ0n) is 10.6. The second-order valence-electron chi connectivity index (χ2n) is 4.35. The molecule has 19 heavy (non-hydrogen) atoms. The number of anilines is 1. The lowest BCUT2D eigenvalue weighted by atomic mass is 10.3. The van der Waals surface area contributed by atoms with Crippen molar-refractivity contribution in [1.29, 1.82) is 0 Å². The molecule has 1 aromatic rings. The van der Waals surface area contributed by atoms with Crippen LogP contribution >= 0.6 is 0 Å². The van der Waals surface area contributed by atoms with E-state index in [-0.39, 0.29) is 18.9 Å². The van der Waals surface area contributed by atoms with Crippen LogP contribution in [0.4, 0.5) is 5.69 Å². The third-order valence-corrected chi connectivity index (χ3v) is 4.24. The lowest BCUT2D eigenvalue weighted by Crippen LogP contribution is -2.32. The van der Waals surface area contributed by atoms with Gasteiger partial charge in [-0.15, -0.1) is 0 Å². The molecule has 1 aliphatic rings. The van der Waals surface area contributed by atoms with Crippen molar-refractivity contribution in [2.24, 2.45) is 5.14 Å². The average Bonchev–Trinajstić information content (AvgIpc) is 2.72. The molecule has 0 saturated carbocycles. The van der Waals surface area contributed by atoms with Gasteiger partial charge in [0.25, 0.3) is 0 Å². The molecular weight excluding hydrogens is 268 g/mol. The van der Waals surface area contributed by atoms with Crippen molar-refractivity contribution in [1.82, 2.24) is 0 Å². The van der Waals surface area contributed by atoms with Crippen molar-refractivity contribution < 1.29 is 17.9 Å². The van der Waals surface area contributed by atoms with Crippen LogP contribution in [0, 0.1) is 0 Å². The van der Waals surface area contributed by atoms with Crippen LogP contribution in [0.3, 0.4) is 0 Å². The van der Waals surface area contributed by atoms with Gasteiger partial charge in [-0.3, -0.25) is 4.79 Å². The minimum atomic E-state index is -3.69. The second kappa shape index (κ2) is 5.18. The quantitative estimate of drug-likeness (QED) is 0.870. The van der Waals surface area contributed by atoms with Crippen molar-refractivity contribution in [3.63, 3.8) is 0 Å². The zero-order valence-corrected chi connectivity index (χ0v) is 11.4. The number of nitrogens with zero attached hydrogens (tertiary/aromatic N) is 1. The molecule has 1 saturated heterocycles. The minimum absolute atomic E-state index is 0.0717. The molecule has 2 N–H and O–H groups in total. The Hall–Kier alpha value is -1.60. The summed E-state index contributed by atoms with van der Waals surface area (Å²) in [5.41, 5.74) is 0.627. The van der Waals surface area contributed by atoms with Crippen LogP contribution < -0.4 is 14.8 Å². The summed E-state index contributed by atoms with van der Waals surface area (Å²) >= 11 is 0. The van der Waals surface area contributed by atoms with E-state index in [1.165, 1.54) is 4.90 Å². The van der Waals surface area contributed by atoms with E-state index in [9.17, 15) is 13.2 Å². The lowest BCUT2D eigenvalue weighted by Gasteiger charge is -2.17. The molecule has 7 heteroatoms. The molecule has 1 aliphatic heterocycles. The van der Waals surface area contributed by atoms with E-state index < -0.39 is 15.3 Å². The molecular formula is C12H16N2O4S. The molecule has 0 aliphatic carbocycles. The van der Waals surface area contributed by atoms with Crippen molar-refractivity contribution in [2.45, 2.75) is 18.6 Å². The van der Waals surface area contributed by atoms with Crippen LogP contribution in [-0.4, -0.2) is 32.7 Å². The van der Waals surface area contributed by atoms with Crippen LogP contribution in [0.2, 0.25) is 0 Å². The first kappa shape index (κ1) is 13.8. The number of sulfonamides is 1. The van der Waals surface area contributed by atoms with E-state index in [2.05, 4.69) is 0 Å². The fraction of sp³-hybridized carbons (Fsp3) is 0.417. The Balaban J connectivity index is 2.23. The Bertz CT molecular complexity index is 585. The van der Waals surface area contributed by atoms with E-state index in [0.29, 0.717) is 18.0 Å². The van der Waals surface area contributed by atoms with Gasteiger partial charge in [0.2, 0.25) is 15.9 Å². The largest absolute Gasteiger partial charge is 0.494 e. The highest BCUT2D eigenvalue weighted by Gasteiger charge is 2.37. The summed E-state index contributed by atoms with van der Waals surface area (Å²) in [4.78, 5) is 13.3. The van der Waals surface area contributed by atoms with E-state index in [1.54, 1.807) is 24.3 Å². The van der Waals surface area contributed by atoms with Gasteiger partial charge in [0.05, 0.1) is 6.61 Å². The molecule has 1 unspecified atom stereocenters. The van der Waals surface area contributed by atoms with Gasteiger partial charge >= 0.3 is 0 Å². The lowest BCUT2D eigenvalue weighted by molar-refractivity contribution is -0.117. The maximum atomic E-state index is 11.9. The Morgan fingerprint density at radius 3 is 2.79 bits per heavy atom. The maximum absolute atomic E-state index is 11.9. The summed E-state index contributed by atoms with van der Waals surface area (Å²) in [6, 6.07) is 7.00. The van der Waals surface area contributed by atoms with Crippen molar-refractivity contribution in [3.8, 4) is 5.75 Å². The van der Waals surface area contributed by atoms with Crippen LogP contribution in [0.15, 0.2) is 24.3 Å². The number of carbonyl (C=O) groups is 1. The number of rotatable bonds is 4. The van der Waals surface area contributed by atoms with Crippen molar-refractivity contribution >= 4 is 21.6 Å². The topological polar surface area (TPSA) is 89.7 Å². The Morgan fingerprint density at radius 1 is 1.47 bits per heavy atom. The highest BCUT2D eigenvalue weighted by molar-refractivity contribution is 7.89. The fourth-order valence-corrected chi connectivity index (χ4v) is 2.78. The van der Waals surface area contributed by atoms with Gasteiger partial charge in [-0.1, -0.05) is 6.07 Å². The number of carbonyl (C=O) groups excluding carboxylic acids is 1. The molecule has 0 radical (unpaired) electrons. The predicted octanol–water partition coefficient (Wildman–Crippen LogP) is 0.479. The van der Waals surface area contributed by atoms with Gasteiger partial charge in [0.1, 0.15) is 11.0 Å². The van der Waals surface area contributed by atoms with E-state index in [0.717, 1.165) is 0 Å². The molecule has 1 heterocycles. The average molecular weight is 284 g/mol. The Labute approximate surface area is 112 Å². The van der Waals surface area contributed by atoms with Gasteiger partial charge in [0, 0.05) is 24.7 Å². The van der Waals surface area contributed by atoms with Gasteiger partial charge in [-0.2, -0.15) is 0 Å². The zero-order chi connectivity index (χ0) is 14.0. The third-order valence-electron chi connectivity index (χ3n) is 2.99. The molecule has 0 bridgehead atoms. The van der Waals surface area contributed by atoms with Crippen LogP contribution in [0.25, 0.3) is 0 Å². The van der Waals surface area contributed by atoms with Crippen LogP contribution in [-0.2, 0) is 14.8 Å². The maximum Gasteiger partial charge on any atom is 0.228 e. The van der Waals surface area contributed by atoms with Gasteiger partial charge in [-0.25, -0.2) is 13.6 Å². The molecule has 1 atom stereocenters. The highest BCUT2D eigenvalue weighted by Crippen LogP contribution is 2.27. The standard InChI is InChI=1S/C12H16N2O4S/c1-2-18-10-5-3-4-9(6-10)14-8-11(7-12(14)15)19(13,16)17/h3-6,11H,2,7-8H2,1H3,(H2,13,16,17). The summed E-state index contributed by atoms with van der Waals surface area (Å²) < 4.78 is 28.0. The first-order valence-corrected chi connectivity index (χ1v) is 7.57. The number of primary sulfonamides is 1. The van der Waals surface area contributed by atoms with E-state index in [1.807, 2.05) is 6.92 Å². The smallest absolute Gasteiger partial charge is 0.228 e. The third kappa shape index (κ3) is 3.05. The number of nitrogens with two attached hydrogens (primary N) is 1. The molecule has 0 spiro atoms. The molecule has 0 aromatic heterocycles. The summed E-state index contributed by atoms with van der Waals surface area (Å²) in [6.45, 7) is 2.48. The first-order valence-electron chi connectivity index (χ1n) is 5.96. The SMILES string of the molecule is CCOc1cccc(N2CC(S(N)(=O)=O)CC2=O)c1. The highest BCUT2D eigenvalue weighted by atomic mass is 32.2. The van der Waals surface area contributed by atoms with E-state index in [4.69, 9.17) is 9.88 Å². The van der Waals surface area contributed by atoms with E-state index >= 15 is 0 Å². The number of ether oxygens (including phenoxy) is 1. The number of hydrogen-bond donors (Lipinski definition) is 1. The molecule has 2 rings (SSSR count). The van der Waals surface area contributed by atoms with Gasteiger partial charge < -0.3 is 9.64 Å². The Morgan fingerprint density at radius 2 is 2.21 bits per heavy atom. The monoisotopic (exact) mass is 284 g/mol. The summed E-state index contributed by atoms with van der Waals surface area (Å²) in [6.07, 6.45) is -0.0717. The molecule has 1 aromatic carbocycles. The van der Waals surface area contributed by atoms with Gasteiger partial charge in [0.15, 0.2) is 0 Å². The van der Waals surface area contributed by atoms with Crippen molar-refractivity contribution in [2.75, 3.05) is 18.1 Å². The fourth-order valence-electron chi connectivity index (χ4n) is 2.05. The van der Waals surface area contributed by atoms with Crippen LogP contribution in [0.1, 0.15) is 13.3 Å². The first-order chi connectivity index (χ1) is 8.91. The molecule has 1 fully saturated rings. The Kier molecular flexibility index (Phi) is 3.77. The van der Waals surface area contributed by atoms with Gasteiger partial charge in [-0.05, 0) is 19.1 Å². The molecule has 1 amide bonds. The minimum Gasteiger partial charge on any atom is -0.494 e. The number of benzene rings is 1. The molecule has 104 valence electrons. The van der Waals surface area contributed by atoms with Crippen LogP contribution in [0.5, 0.6) is 5.75 Å². The summed E-state index contributed by atoms with van der Waals surface area (Å²) in [7, 11) is -3.69. The predicted molar refractivity (Wildman–Crippen MR) is 71.5 cm³/mol.